The zero-order chi connectivity index (χ0) is 11.7. The first-order chi connectivity index (χ1) is 6.80. The summed E-state index contributed by atoms with van der Waals surface area (Å²) >= 11 is 0. The molecule has 1 rings (SSSR count). The van der Waals surface area contributed by atoms with Gasteiger partial charge in [0.25, 0.3) is 0 Å². The number of hydrogen-bond donors (Lipinski definition) is 0. The Labute approximate surface area is 101 Å². The zero-order valence-corrected chi connectivity index (χ0v) is 14.6. The fourth-order valence-electron chi connectivity index (χ4n) is 2.69. The topological polar surface area (TPSA) is 0 Å². The molecule has 15 heavy (non-hydrogen) atoms. The van der Waals surface area contributed by atoms with Gasteiger partial charge in [-0.25, -0.2) is 0 Å². The molecule has 0 aromatic carbocycles. The minimum atomic E-state index is -0.236. The molecule has 84 valence electrons. The molecule has 0 atom stereocenters. The number of rotatable bonds is 3. The van der Waals surface area contributed by atoms with Crippen molar-refractivity contribution in [1.82, 2.24) is 0 Å². The SMILES string of the molecule is C=C[N+]1(C)[SiH2][N+](C)(C=C)[SiH2][N+](C)(C=C)[SiH2]1. The first-order valence-corrected chi connectivity index (χ1v) is 9.03. The molecule has 1 aliphatic rings. The minimum absolute atomic E-state index is 0.236. The molecule has 1 fully saturated rings. The second-order valence-electron chi connectivity index (χ2n) is 5.41. The van der Waals surface area contributed by atoms with Crippen LogP contribution in [0, 0.1) is 0 Å². The van der Waals surface area contributed by atoms with Gasteiger partial charge in [0.15, 0.2) is 0 Å². The van der Waals surface area contributed by atoms with Gasteiger partial charge in [-0.15, -0.1) is 0 Å². The van der Waals surface area contributed by atoms with Gasteiger partial charge in [-0.2, -0.15) is 0 Å². The van der Waals surface area contributed by atoms with Crippen LogP contribution in [-0.4, -0.2) is 62.1 Å². The van der Waals surface area contributed by atoms with Crippen molar-refractivity contribution in [3.05, 3.63) is 38.3 Å². The molecule has 1 aliphatic heterocycles. The predicted octanol–water partition coefficient (Wildman–Crippen LogP) is -1.23. The molecule has 3 nitrogen and oxygen atoms in total. The van der Waals surface area contributed by atoms with E-state index >= 15 is 0 Å². The van der Waals surface area contributed by atoms with Gasteiger partial charge in [-0.1, -0.05) is 0 Å². The first kappa shape index (κ1) is 12.8. The first-order valence-electron chi connectivity index (χ1n) is 5.24. The molecule has 0 radical (unpaired) electrons. The second kappa shape index (κ2) is 3.96. The van der Waals surface area contributed by atoms with Gasteiger partial charge in [-0.05, 0) is 19.7 Å². The molecule has 0 amide bonds. The molecule has 0 spiro atoms. The Morgan fingerprint density at radius 3 is 1.00 bits per heavy atom. The van der Waals surface area contributed by atoms with Crippen LogP contribution in [0.25, 0.3) is 0 Å². The van der Waals surface area contributed by atoms with E-state index in [1.54, 1.807) is 0 Å². The highest BCUT2D eigenvalue weighted by atomic mass is 28.4. The van der Waals surface area contributed by atoms with E-state index in [1.165, 1.54) is 0 Å². The maximum absolute atomic E-state index is 4.02. The van der Waals surface area contributed by atoms with Crippen LogP contribution >= 0.6 is 0 Å². The zero-order valence-electron chi connectivity index (χ0n) is 10.3. The van der Waals surface area contributed by atoms with Gasteiger partial charge < -0.3 is 11.4 Å². The molecular formula is C9H24N3Si3+3. The standard InChI is InChI=1S/C9H24N3Si3/c1-7-10(4)13-11(5,8-2)15-12(6,9-3)14-10/h7-9H,1-3,13-15H2,4-6H3/q+3. The van der Waals surface area contributed by atoms with Crippen LogP contribution in [0.5, 0.6) is 0 Å². The van der Waals surface area contributed by atoms with Crippen molar-refractivity contribution in [3.63, 3.8) is 0 Å². The Hall–Kier alpha value is -0.249. The van der Waals surface area contributed by atoms with E-state index in [9.17, 15) is 0 Å². The Kier molecular flexibility index (Phi) is 3.39. The summed E-state index contributed by atoms with van der Waals surface area (Å²) in [6.07, 6.45) is 6.48. The smallest absolute Gasteiger partial charge is 0.336 e. The second-order valence-corrected chi connectivity index (χ2v) is 17.6. The molecule has 0 N–H and O–H groups in total. The van der Waals surface area contributed by atoms with Crippen LogP contribution in [0.4, 0.5) is 0 Å². The van der Waals surface area contributed by atoms with Crippen molar-refractivity contribution in [2.75, 3.05) is 21.1 Å². The van der Waals surface area contributed by atoms with E-state index in [0.29, 0.717) is 0 Å². The highest BCUT2D eigenvalue weighted by Crippen LogP contribution is 2.20. The number of quaternary nitrogens is 3. The highest BCUT2D eigenvalue weighted by Gasteiger charge is 2.51. The molecule has 0 aliphatic carbocycles. The van der Waals surface area contributed by atoms with E-state index in [0.717, 1.165) is 11.4 Å². The average molecular weight is 259 g/mol. The van der Waals surface area contributed by atoms with Crippen molar-refractivity contribution in [2.45, 2.75) is 0 Å². The normalized spacial score (nSPS) is 50.6. The fraction of sp³-hybridized carbons (Fsp3) is 0.333. The van der Waals surface area contributed by atoms with E-state index in [4.69, 9.17) is 0 Å². The van der Waals surface area contributed by atoms with E-state index in [1.807, 2.05) is 0 Å². The summed E-state index contributed by atoms with van der Waals surface area (Å²) in [6, 6.07) is 0. The molecule has 0 aromatic heterocycles. The van der Waals surface area contributed by atoms with E-state index in [2.05, 4.69) is 59.5 Å². The Morgan fingerprint density at radius 2 is 0.867 bits per heavy atom. The lowest BCUT2D eigenvalue weighted by Gasteiger charge is -2.50. The lowest BCUT2D eigenvalue weighted by Crippen LogP contribution is -2.77. The summed E-state index contributed by atoms with van der Waals surface area (Å²) in [5, 5.41) is 0. The Morgan fingerprint density at radius 1 is 0.667 bits per heavy atom. The predicted molar refractivity (Wildman–Crippen MR) is 74.8 cm³/mol. The van der Waals surface area contributed by atoms with Crippen LogP contribution in [0.3, 0.4) is 0 Å². The summed E-state index contributed by atoms with van der Waals surface area (Å²) < 4.78 is 3.45. The third-order valence-corrected chi connectivity index (χ3v) is 12.3. The summed E-state index contributed by atoms with van der Waals surface area (Å²) in [4.78, 5) is 0. The van der Waals surface area contributed by atoms with Crippen LogP contribution < -0.4 is 0 Å². The highest BCUT2D eigenvalue weighted by molar-refractivity contribution is 6.47. The summed E-state index contributed by atoms with van der Waals surface area (Å²) in [5.74, 6) is 0. The van der Waals surface area contributed by atoms with Crippen molar-refractivity contribution >= 4 is 29.5 Å². The van der Waals surface area contributed by atoms with Crippen molar-refractivity contribution < 1.29 is 11.4 Å². The number of nitrogens with zero attached hydrogens (tertiary/aromatic N) is 3. The van der Waals surface area contributed by atoms with Gasteiger partial charge in [0.05, 0.1) is 18.6 Å². The molecule has 0 aromatic rings. The molecule has 0 saturated carbocycles. The Bertz CT molecular complexity index is 249. The van der Waals surface area contributed by atoms with E-state index < -0.39 is 0 Å². The van der Waals surface area contributed by atoms with Crippen LogP contribution in [-0.2, 0) is 0 Å². The fourth-order valence-corrected chi connectivity index (χ4v) is 19.7. The maximum atomic E-state index is 4.02. The van der Waals surface area contributed by atoms with Crippen molar-refractivity contribution in [3.8, 4) is 0 Å². The lowest BCUT2D eigenvalue weighted by molar-refractivity contribution is -0.856. The van der Waals surface area contributed by atoms with Crippen LogP contribution in [0.15, 0.2) is 38.3 Å². The molecule has 6 heteroatoms. The van der Waals surface area contributed by atoms with Crippen LogP contribution in [0.1, 0.15) is 0 Å². The van der Waals surface area contributed by atoms with Gasteiger partial charge in [0.2, 0.25) is 0 Å². The summed E-state index contributed by atoms with van der Waals surface area (Å²) in [6.45, 7) is 12.1. The van der Waals surface area contributed by atoms with Crippen molar-refractivity contribution in [1.29, 1.82) is 0 Å². The molecule has 1 heterocycles. The molecular weight excluding hydrogens is 234 g/mol. The maximum Gasteiger partial charge on any atom is 0.475 e. The summed E-state index contributed by atoms with van der Waals surface area (Å²) in [7, 11) is 6.33. The number of hydrogen-bond acceptors (Lipinski definition) is 0. The van der Waals surface area contributed by atoms with Gasteiger partial charge in [0, 0.05) is 21.1 Å². The lowest BCUT2D eigenvalue weighted by atomic mass is 11.0. The monoisotopic (exact) mass is 258 g/mol. The third kappa shape index (κ3) is 2.65. The third-order valence-electron chi connectivity index (χ3n) is 3.26. The van der Waals surface area contributed by atoms with Gasteiger partial charge in [0.1, 0.15) is 0 Å². The molecule has 0 bridgehead atoms. The van der Waals surface area contributed by atoms with Gasteiger partial charge >= 0.3 is 29.5 Å². The largest absolute Gasteiger partial charge is 0.475 e. The van der Waals surface area contributed by atoms with Gasteiger partial charge in [-0.3, -0.25) is 0 Å². The molecule has 1 saturated heterocycles. The van der Waals surface area contributed by atoms with Crippen molar-refractivity contribution in [2.24, 2.45) is 0 Å². The average Bonchev–Trinajstić information content (AvgIpc) is 2.16. The quantitative estimate of drug-likeness (QED) is 0.556. The minimum Gasteiger partial charge on any atom is -0.336 e. The molecule has 0 unspecified atom stereocenters. The summed E-state index contributed by atoms with van der Waals surface area (Å²) in [5.41, 5.74) is 0. The Balaban J connectivity index is 3.07. The van der Waals surface area contributed by atoms with E-state index in [-0.39, 0.29) is 29.5 Å². The van der Waals surface area contributed by atoms with Crippen LogP contribution in [0.2, 0.25) is 0 Å².